The van der Waals surface area contributed by atoms with Crippen molar-refractivity contribution in [3.8, 4) is 11.6 Å². The van der Waals surface area contributed by atoms with Crippen LogP contribution in [0.2, 0.25) is 0 Å². The number of nitrogens with one attached hydrogen (secondary N) is 1. The molecule has 0 saturated heterocycles. The number of hydrogen-bond acceptors (Lipinski definition) is 3. The molecule has 2 N–H and O–H groups in total. The molecule has 0 aliphatic heterocycles. The number of fused-ring (bicyclic) bond motifs is 1. The summed E-state index contributed by atoms with van der Waals surface area (Å²) in [4.78, 5) is 13.4. The zero-order valence-electron chi connectivity index (χ0n) is 11.1. The van der Waals surface area contributed by atoms with Crippen molar-refractivity contribution in [2.45, 2.75) is 6.61 Å². The highest BCUT2D eigenvalue weighted by Crippen LogP contribution is 2.25. The van der Waals surface area contributed by atoms with Crippen molar-refractivity contribution in [3.63, 3.8) is 0 Å². The zero-order valence-corrected chi connectivity index (χ0v) is 11.1. The molecule has 0 aliphatic carbocycles. The lowest BCUT2D eigenvalue weighted by atomic mass is 10.2. The van der Waals surface area contributed by atoms with Crippen LogP contribution >= 0.6 is 0 Å². The van der Waals surface area contributed by atoms with Crippen molar-refractivity contribution in [3.05, 3.63) is 60.2 Å². The van der Waals surface area contributed by atoms with Gasteiger partial charge in [0.2, 0.25) is 5.88 Å². The molecule has 5 nitrogen and oxygen atoms in total. The largest absolute Gasteiger partial charge is 0.512 e. The van der Waals surface area contributed by atoms with E-state index in [9.17, 15) is 4.79 Å². The molecule has 0 atom stereocenters. The number of aromatic amines is 1. The highest BCUT2D eigenvalue weighted by atomic mass is 16.7. The molecule has 3 aromatic rings. The van der Waals surface area contributed by atoms with Gasteiger partial charge in [0.15, 0.2) is 0 Å². The molecule has 0 amide bonds. The fourth-order valence-electron chi connectivity index (χ4n) is 2.06. The third-order valence-corrected chi connectivity index (χ3v) is 3.01. The molecule has 0 fully saturated rings. The van der Waals surface area contributed by atoms with Crippen LogP contribution in [0.5, 0.6) is 11.6 Å². The van der Waals surface area contributed by atoms with Crippen molar-refractivity contribution in [1.82, 2.24) is 4.98 Å². The summed E-state index contributed by atoms with van der Waals surface area (Å²) in [6.07, 6.45) is -1.35. The van der Waals surface area contributed by atoms with Crippen LogP contribution in [0.25, 0.3) is 10.9 Å². The molecule has 0 spiro atoms. The first-order valence-corrected chi connectivity index (χ1v) is 6.41. The minimum atomic E-state index is -1.35. The molecule has 0 unspecified atom stereocenters. The van der Waals surface area contributed by atoms with Gasteiger partial charge in [-0.05, 0) is 23.8 Å². The van der Waals surface area contributed by atoms with Gasteiger partial charge in [-0.1, -0.05) is 30.3 Å². The summed E-state index contributed by atoms with van der Waals surface area (Å²) in [7, 11) is 0. The minimum Gasteiger partial charge on any atom is -0.489 e. The zero-order chi connectivity index (χ0) is 14.7. The number of carbonyl (C=O) groups is 1. The summed E-state index contributed by atoms with van der Waals surface area (Å²) in [5.41, 5.74) is 1.87. The fourth-order valence-corrected chi connectivity index (χ4v) is 2.06. The van der Waals surface area contributed by atoms with E-state index in [1.165, 1.54) is 0 Å². The monoisotopic (exact) mass is 283 g/mol. The van der Waals surface area contributed by atoms with E-state index in [-0.39, 0.29) is 5.88 Å². The van der Waals surface area contributed by atoms with Crippen molar-refractivity contribution in [1.29, 1.82) is 0 Å². The molecule has 0 radical (unpaired) electrons. The maximum atomic E-state index is 10.5. The van der Waals surface area contributed by atoms with Gasteiger partial charge in [-0.15, -0.1) is 0 Å². The highest BCUT2D eigenvalue weighted by Gasteiger charge is 2.06. The third kappa shape index (κ3) is 3.14. The molecule has 106 valence electrons. The molecule has 0 bridgehead atoms. The second-order valence-corrected chi connectivity index (χ2v) is 4.52. The van der Waals surface area contributed by atoms with Crippen LogP contribution in [0.15, 0.2) is 54.6 Å². The van der Waals surface area contributed by atoms with E-state index in [2.05, 4.69) is 9.72 Å². The second-order valence-electron chi connectivity index (χ2n) is 4.52. The summed E-state index contributed by atoms with van der Waals surface area (Å²) in [6, 6.07) is 17.0. The Kier molecular flexibility index (Phi) is 3.47. The van der Waals surface area contributed by atoms with Crippen LogP contribution in [-0.2, 0) is 6.61 Å². The molecule has 0 saturated carbocycles. The Balaban J connectivity index is 1.76. The van der Waals surface area contributed by atoms with E-state index in [1.54, 1.807) is 6.07 Å². The van der Waals surface area contributed by atoms with Crippen LogP contribution in [0.3, 0.4) is 0 Å². The van der Waals surface area contributed by atoms with Gasteiger partial charge in [0.05, 0.1) is 0 Å². The second kappa shape index (κ2) is 5.58. The third-order valence-electron chi connectivity index (χ3n) is 3.01. The molecule has 2 aromatic carbocycles. The Bertz CT molecular complexity index is 764. The topological polar surface area (TPSA) is 71.6 Å². The van der Waals surface area contributed by atoms with Crippen molar-refractivity contribution in [2.24, 2.45) is 0 Å². The highest BCUT2D eigenvalue weighted by molar-refractivity contribution is 5.83. The summed E-state index contributed by atoms with van der Waals surface area (Å²) >= 11 is 0. The van der Waals surface area contributed by atoms with Gasteiger partial charge in [0, 0.05) is 17.0 Å². The van der Waals surface area contributed by atoms with Gasteiger partial charge in [0.1, 0.15) is 12.4 Å². The first kappa shape index (κ1) is 13.1. The minimum absolute atomic E-state index is 0.192. The molecule has 1 aromatic heterocycles. The number of aromatic nitrogens is 1. The Morgan fingerprint density at radius 1 is 1.10 bits per heavy atom. The smallest absolute Gasteiger partial charge is 0.489 e. The van der Waals surface area contributed by atoms with Crippen LogP contribution < -0.4 is 9.47 Å². The summed E-state index contributed by atoms with van der Waals surface area (Å²) < 4.78 is 10.3. The standard InChI is InChI=1S/C16H13NO4/c18-16(19)21-15-9-12-8-13(6-7-14(12)17-15)20-10-11-4-2-1-3-5-11/h1-9,17H,10H2,(H,18,19). The van der Waals surface area contributed by atoms with E-state index in [0.717, 1.165) is 16.5 Å². The lowest BCUT2D eigenvalue weighted by molar-refractivity contribution is 0.143. The predicted octanol–water partition coefficient (Wildman–Crippen LogP) is 3.80. The van der Waals surface area contributed by atoms with Crippen LogP contribution in [0.4, 0.5) is 4.79 Å². The number of ether oxygens (including phenoxy) is 2. The van der Waals surface area contributed by atoms with Crippen LogP contribution in [0.1, 0.15) is 5.56 Å². The van der Waals surface area contributed by atoms with Crippen LogP contribution in [-0.4, -0.2) is 16.2 Å². The Hall–Kier alpha value is -2.95. The van der Waals surface area contributed by atoms with Gasteiger partial charge in [-0.3, -0.25) is 0 Å². The average Bonchev–Trinajstić information content (AvgIpc) is 2.86. The quantitative estimate of drug-likeness (QED) is 0.714. The van der Waals surface area contributed by atoms with Crippen molar-refractivity contribution < 1.29 is 19.4 Å². The van der Waals surface area contributed by atoms with E-state index in [4.69, 9.17) is 9.84 Å². The first-order valence-electron chi connectivity index (χ1n) is 6.41. The maximum absolute atomic E-state index is 10.5. The van der Waals surface area contributed by atoms with Crippen molar-refractivity contribution in [2.75, 3.05) is 0 Å². The normalized spacial score (nSPS) is 10.5. The Morgan fingerprint density at radius 2 is 1.90 bits per heavy atom. The fraction of sp³-hybridized carbons (Fsp3) is 0.0625. The van der Waals surface area contributed by atoms with Crippen LogP contribution in [0, 0.1) is 0 Å². The van der Waals surface area contributed by atoms with Gasteiger partial charge in [-0.25, -0.2) is 4.79 Å². The lowest BCUT2D eigenvalue weighted by Crippen LogP contribution is -2.02. The number of benzene rings is 2. The van der Waals surface area contributed by atoms with Gasteiger partial charge in [-0.2, -0.15) is 0 Å². The molecular weight excluding hydrogens is 270 g/mol. The van der Waals surface area contributed by atoms with Gasteiger partial charge < -0.3 is 19.6 Å². The predicted molar refractivity (Wildman–Crippen MR) is 77.7 cm³/mol. The Labute approximate surface area is 120 Å². The van der Waals surface area contributed by atoms with E-state index in [1.807, 2.05) is 48.5 Å². The maximum Gasteiger partial charge on any atom is 0.512 e. The van der Waals surface area contributed by atoms with Gasteiger partial charge in [0.25, 0.3) is 0 Å². The summed E-state index contributed by atoms with van der Waals surface area (Å²) in [6.45, 7) is 0.481. The average molecular weight is 283 g/mol. The Morgan fingerprint density at radius 3 is 2.67 bits per heavy atom. The SMILES string of the molecule is O=C(O)Oc1cc2cc(OCc3ccccc3)ccc2[nH]1. The van der Waals surface area contributed by atoms with E-state index >= 15 is 0 Å². The molecule has 21 heavy (non-hydrogen) atoms. The summed E-state index contributed by atoms with van der Waals surface area (Å²) in [5, 5.41) is 9.42. The van der Waals surface area contributed by atoms with Crippen molar-refractivity contribution >= 4 is 17.1 Å². The number of H-pyrrole nitrogens is 1. The number of rotatable bonds is 4. The molecule has 3 rings (SSSR count). The number of hydrogen-bond donors (Lipinski definition) is 2. The molecule has 0 aliphatic rings. The molecular formula is C16H13NO4. The van der Waals surface area contributed by atoms with Gasteiger partial charge >= 0.3 is 6.16 Å². The lowest BCUT2D eigenvalue weighted by Gasteiger charge is -2.06. The number of carboxylic acid groups (broad SMARTS) is 1. The van der Waals surface area contributed by atoms with E-state index in [0.29, 0.717) is 12.4 Å². The molecule has 5 heteroatoms. The van der Waals surface area contributed by atoms with E-state index < -0.39 is 6.16 Å². The summed E-state index contributed by atoms with van der Waals surface area (Å²) in [5.74, 6) is 0.907. The first-order chi connectivity index (χ1) is 10.2. The molecule has 1 heterocycles.